The van der Waals surface area contributed by atoms with Crippen molar-refractivity contribution in [3.63, 3.8) is 0 Å². The van der Waals surface area contributed by atoms with E-state index >= 15 is 0 Å². The SMILES string of the molecule is COc1ccc(C(=O)O)c(OC/C=C/Cl)c1. The Labute approximate surface area is 98.1 Å². The predicted octanol–water partition coefficient (Wildman–Crippen LogP) is 2.52. The van der Waals surface area contributed by atoms with Crippen molar-refractivity contribution in [2.45, 2.75) is 0 Å². The first-order chi connectivity index (χ1) is 7.69. The fourth-order valence-electron chi connectivity index (χ4n) is 1.10. The molecule has 1 aromatic rings. The van der Waals surface area contributed by atoms with E-state index in [0.29, 0.717) is 5.75 Å². The van der Waals surface area contributed by atoms with Gasteiger partial charge in [0.05, 0.1) is 7.11 Å². The van der Waals surface area contributed by atoms with Gasteiger partial charge >= 0.3 is 5.97 Å². The lowest BCUT2D eigenvalue weighted by Crippen LogP contribution is -2.03. The van der Waals surface area contributed by atoms with Crippen LogP contribution in [0, 0.1) is 0 Å². The van der Waals surface area contributed by atoms with E-state index in [9.17, 15) is 4.79 Å². The average molecular weight is 243 g/mol. The van der Waals surface area contributed by atoms with E-state index in [-0.39, 0.29) is 17.9 Å². The molecule has 0 unspecified atom stereocenters. The van der Waals surface area contributed by atoms with Crippen LogP contribution in [-0.4, -0.2) is 24.8 Å². The highest BCUT2D eigenvalue weighted by atomic mass is 35.5. The molecular formula is C11H11ClO4. The number of benzene rings is 1. The van der Waals surface area contributed by atoms with Crippen molar-refractivity contribution in [3.05, 3.63) is 35.4 Å². The monoisotopic (exact) mass is 242 g/mol. The minimum atomic E-state index is -1.05. The summed E-state index contributed by atoms with van der Waals surface area (Å²) in [5.74, 6) is -0.260. The maximum absolute atomic E-state index is 10.9. The summed E-state index contributed by atoms with van der Waals surface area (Å²) in [4.78, 5) is 10.9. The molecule has 0 saturated carbocycles. The van der Waals surface area contributed by atoms with Crippen LogP contribution in [0.25, 0.3) is 0 Å². The number of carboxylic acid groups (broad SMARTS) is 1. The van der Waals surface area contributed by atoms with Gasteiger partial charge in [0, 0.05) is 11.6 Å². The molecule has 0 aliphatic rings. The Balaban J connectivity index is 2.95. The van der Waals surface area contributed by atoms with Gasteiger partial charge in [-0.1, -0.05) is 11.6 Å². The molecule has 0 aliphatic heterocycles. The highest BCUT2D eigenvalue weighted by molar-refractivity contribution is 6.25. The first-order valence-corrected chi connectivity index (χ1v) is 4.92. The molecule has 4 nitrogen and oxygen atoms in total. The largest absolute Gasteiger partial charge is 0.497 e. The van der Waals surface area contributed by atoms with Crippen molar-refractivity contribution in [1.29, 1.82) is 0 Å². The minimum absolute atomic E-state index is 0.0868. The molecule has 0 fully saturated rings. The van der Waals surface area contributed by atoms with E-state index in [1.807, 2.05) is 0 Å². The lowest BCUT2D eigenvalue weighted by atomic mass is 10.2. The standard InChI is InChI=1S/C11H11ClO4/c1-15-8-3-4-9(11(13)14)10(7-8)16-6-2-5-12/h2-5,7H,6H2,1H3,(H,13,14)/b5-2+. The van der Waals surface area contributed by atoms with Gasteiger partial charge in [-0.25, -0.2) is 4.79 Å². The van der Waals surface area contributed by atoms with Crippen LogP contribution in [0.15, 0.2) is 29.8 Å². The lowest BCUT2D eigenvalue weighted by molar-refractivity contribution is 0.0692. The Kier molecular flexibility index (Phi) is 4.66. The van der Waals surface area contributed by atoms with Crippen LogP contribution in [0.4, 0.5) is 0 Å². The second kappa shape index (κ2) is 6.02. The molecule has 0 bridgehead atoms. The molecule has 0 atom stereocenters. The molecule has 16 heavy (non-hydrogen) atoms. The molecule has 1 rings (SSSR count). The van der Waals surface area contributed by atoms with Crippen LogP contribution in [-0.2, 0) is 0 Å². The summed E-state index contributed by atoms with van der Waals surface area (Å²) in [5, 5.41) is 8.92. The normalized spacial score (nSPS) is 10.4. The van der Waals surface area contributed by atoms with Crippen LogP contribution in [0.1, 0.15) is 10.4 Å². The lowest BCUT2D eigenvalue weighted by Gasteiger charge is -2.08. The third kappa shape index (κ3) is 3.17. The van der Waals surface area contributed by atoms with Gasteiger partial charge in [0.25, 0.3) is 0 Å². The Morgan fingerprint density at radius 3 is 2.88 bits per heavy atom. The molecule has 0 radical (unpaired) electrons. The van der Waals surface area contributed by atoms with Crippen molar-refractivity contribution in [3.8, 4) is 11.5 Å². The van der Waals surface area contributed by atoms with Crippen LogP contribution in [0.5, 0.6) is 11.5 Å². The molecule has 0 aliphatic carbocycles. The first-order valence-electron chi connectivity index (χ1n) is 4.48. The zero-order valence-corrected chi connectivity index (χ0v) is 9.40. The van der Waals surface area contributed by atoms with Gasteiger partial charge < -0.3 is 14.6 Å². The molecule has 86 valence electrons. The summed E-state index contributed by atoms with van der Waals surface area (Å²) in [6.07, 6.45) is 1.56. The molecule has 0 spiro atoms. The number of rotatable bonds is 5. The van der Waals surface area contributed by atoms with Gasteiger partial charge in [-0.2, -0.15) is 0 Å². The molecule has 0 aromatic heterocycles. The number of halogens is 1. The van der Waals surface area contributed by atoms with Crippen molar-refractivity contribution < 1.29 is 19.4 Å². The summed E-state index contributed by atoms with van der Waals surface area (Å²) in [7, 11) is 1.50. The second-order valence-corrected chi connectivity index (χ2v) is 3.09. The van der Waals surface area contributed by atoms with E-state index in [2.05, 4.69) is 0 Å². The Morgan fingerprint density at radius 2 is 2.31 bits per heavy atom. The number of hydrogen-bond acceptors (Lipinski definition) is 3. The van der Waals surface area contributed by atoms with Crippen molar-refractivity contribution in [2.24, 2.45) is 0 Å². The quantitative estimate of drug-likeness (QED) is 0.862. The van der Waals surface area contributed by atoms with Gasteiger partial charge in [-0.3, -0.25) is 0 Å². The van der Waals surface area contributed by atoms with Gasteiger partial charge in [-0.15, -0.1) is 0 Å². The summed E-state index contributed by atoms with van der Waals surface area (Å²) < 4.78 is 10.2. The van der Waals surface area contributed by atoms with Gasteiger partial charge in [0.15, 0.2) is 0 Å². The molecule has 5 heteroatoms. The molecule has 0 heterocycles. The highest BCUT2D eigenvalue weighted by Crippen LogP contribution is 2.24. The predicted molar refractivity (Wildman–Crippen MR) is 60.4 cm³/mol. The molecule has 0 amide bonds. The number of hydrogen-bond donors (Lipinski definition) is 1. The molecule has 1 N–H and O–H groups in total. The van der Waals surface area contributed by atoms with Crippen LogP contribution < -0.4 is 9.47 Å². The average Bonchev–Trinajstić information content (AvgIpc) is 2.29. The topological polar surface area (TPSA) is 55.8 Å². The Bertz CT molecular complexity index is 401. The Hall–Kier alpha value is -1.68. The van der Waals surface area contributed by atoms with E-state index in [0.717, 1.165) is 0 Å². The fraction of sp³-hybridized carbons (Fsp3) is 0.182. The summed E-state index contributed by atoms with van der Waals surface area (Å²) in [5.41, 5.74) is 1.39. The smallest absolute Gasteiger partial charge is 0.339 e. The Morgan fingerprint density at radius 1 is 1.56 bits per heavy atom. The van der Waals surface area contributed by atoms with Crippen molar-refractivity contribution >= 4 is 17.6 Å². The number of ether oxygens (including phenoxy) is 2. The fourth-order valence-corrected chi connectivity index (χ4v) is 1.17. The second-order valence-electron chi connectivity index (χ2n) is 2.84. The van der Waals surface area contributed by atoms with Crippen LogP contribution in [0.2, 0.25) is 0 Å². The third-order valence-corrected chi connectivity index (χ3v) is 2.02. The summed E-state index contributed by atoms with van der Waals surface area (Å²) in [6, 6.07) is 4.51. The number of aromatic carboxylic acids is 1. The maximum Gasteiger partial charge on any atom is 0.339 e. The summed E-state index contributed by atoms with van der Waals surface area (Å²) in [6.45, 7) is 0.205. The molecular weight excluding hydrogens is 232 g/mol. The number of methoxy groups -OCH3 is 1. The number of carboxylic acids is 1. The molecule has 1 aromatic carbocycles. The summed E-state index contributed by atoms with van der Waals surface area (Å²) >= 11 is 5.33. The first kappa shape index (κ1) is 12.4. The van der Waals surface area contributed by atoms with E-state index in [1.54, 1.807) is 12.1 Å². The van der Waals surface area contributed by atoms with Crippen molar-refractivity contribution in [2.75, 3.05) is 13.7 Å². The minimum Gasteiger partial charge on any atom is -0.497 e. The van der Waals surface area contributed by atoms with Gasteiger partial charge in [0.1, 0.15) is 23.7 Å². The maximum atomic E-state index is 10.9. The van der Waals surface area contributed by atoms with Crippen LogP contribution in [0.3, 0.4) is 0 Å². The molecule has 0 saturated heterocycles. The van der Waals surface area contributed by atoms with Crippen molar-refractivity contribution in [1.82, 2.24) is 0 Å². The third-order valence-electron chi connectivity index (χ3n) is 1.84. The van der Waals surface area contributed by atoms with E-state index < -0.39 is 5.97 Å². The zero-order valence-electron chi connectivity index (χ0n) is 8.64. The highest BCUT2D eigenvalue weighted by Gasteiger charge is 2.11. The number of carbonyl (C=O) groups is 1. The van der Waals surface area contributed by atoms with Crippen LogP contribution >= 0.6 is 11.6 Å². The zero-order chi connectivity index (χ0) is 12.0. The van der Waals surface area contributed by atoms with Gasteiger partial charge in [-0.05, 0) is 18.2 Å². The van der Waals surface area contributed by atoms with E-state index in [4.69, 9.17) is 26.2 Å². The van der Waals surface area contributed by atoms with Gasteiger partial charge in [0.2, 0.25) is 0 Å². The van der Waals surface area contributed by atoms with E-state index in [1.165, 1.54) is 24.8 Å².